The maximum Gasteiger partial charge on any atom is 0.152 e. The average Bonchev–Trinajstić information content (AvgIpc) is 2.98. The fourth-order valence-electron chi connectivity index (χ4n) is 2.09. The zero-order chi connectivity index (χ0) is 13.4. The van der Waals surface area contributed by atoms with Gasteiger partial charge < -0.3 is 9.88 Å². The number of aryl methyl sites for hydroxylation is 2. The van der Waals surface area contributed by atoms with Gasteiger partial charge in [-0.25, -0.2) is 15.0 Å². The molecule has 0 spiro atoms. The molecule has 0 fully saturated rings. The summed E-state index contributed by atoms with van der Waals surface area (Å²) in [6, 6.07) is 0. The summed E-state index contributed by atoms with van der Waals surface area (Å²) in [5.74, 6) is 1.71. The fraction of sp³-hybridized carbons (Fsp3) is 0.308. The maximum absolute atomic E-state index is 4.66. The van der Waals surface area contributed by atoms with Crippen LogP contribution in [0.1, 0.15) is 16.3 Å². The highest BCUT2D eigenvalue weighted by Crippen LogP contribution is 2.33. The SMILES string of the molecule is CNc1nc(Cn2ccnc2)nc2sc(C)c(C)c12. The first-order chi connectivity index (χ1) is 9.19. The third-order valence-corrected chi connectivity index (χ3v) is 4.30. The first kappa shape index (κ1) is 12.1. The monoisotopic (exact) mass is 273 g/mol. The summed E-state index contributed by atoms with van der Waals surface area (Å²) in [6.07, 6.45) is 5.45. The molecule has 0 aliphatic heterocycles. The van der Waals surface area contributed by atoms with Crippen LogP contribution in [0, 0.1) is 13.8 Å². The molecule has 0 radical (unpaired) electrons. The molecule has 0 saturated heterocycles. The van der Waals surface area contributed by atoms with Crippen molar-refractivity contribution in [3.8, 4) is 0 Å². The molecule has 0 atom stereocenters. The molecule has 5 nitrogen and oxygen atoms in total. The maximum atomic E-state index is 4.66. The minimum Gasteiger partial charge on any atom is -0.372 e. The van der Waals surface area contributed by atoms with Gasteiger partial charge in [0.15, 0.2) is 5.82 Å². The normalized spacial score (nSPS) is 11.1. The molecule has 1 N–H and O–H groups in total. The first-order valence-electron chi connectivity index (χ1n) is 6.09. The molecular formula is C13H15N5S. The Labute approximate surface area is 115 Å². The van der Waals surface area contributed by atoms with E-state index in [2.05, 4.69) is 34.1 Å². The molecule has 0 unspecified atom stereocenters. The van der Waals surface area contributed by atoms with Crippen molar-refractivity contribution in [3.05, 3.63) is 35.0 Å². The van der Waals surface area contributed by atoms with Crippen LogP contribution in [0.2, 0.25) is 0 Å². The summed E-state index contributed by atoms with van der Waals surface area (Å²) in [5, 5.41) is 4.31. The number of hydrogen-bond donors (Lipinski definition) is 1. The van der Waals surface area contributed by atoms with E-state index in [0.717, 1.165) is 21.9 Å². The van der Waals surface area contributed by atoms with Crippen LogP contribution in [-0.4, -0.2) is 26.6 Å². The lowest BCUT2D eigenvalue weighted by molar-refractivity contribution is 0.750. The fourth-order valence-corrected chi connectivity index (χ4v) is 3.14. The van der Waals surface area contributed by atoms with Gasteiger partial charge in [0, 0.05) is 24.3 Å². The van der Waals surface area contributed by atoms with Crippen LogP contribution < -0.4 is 5.32 Å². The second-order valence-corrected chi connectivity index (χ2v) is 5.64. The number of nitrogens with one attached hydrogen (secondary N) is 1. The number of aromatic nitrogens is 4. The van der Waals surface area contributed by atoms with Crippen LogP contribution in [0.5, 0.6) is 0 Å². The average molecular weight is 273 g/mol. The van der Waals surface area contributed by atoms with Crippen molar-refractivity contribution in [2.75, 3.05) is 12.4 Å². The second kappa shape index (κ2) is 4.62. The first-order valence-corrected chi connectivity index (χ1v) is 6.91. The van der Waals surface area contributed by atoms with Gasteiger partial charge in [-0.3, -0.25) is 0 Å². The molecule has 0 bridgehead atoms. The van der Waals surface area contributed by atoms with Gasteiger partial charge in [-0.1, -0.05) is 0 Å². The highest BCUT2D eigenvalue weighted by molar-refractivity contribution is 7.18. The smallest absolute Gasteiger partial charge is 0.152 e. The van der Waals surface area contributed by atoms with Gasteiger partial charge in [0.05, 0.1) is 18.3 Å². The second-order valence-electron chi connectivity index (χ2n) is 4.44. The van der Waals surface area contributed by atoms with Gasteiger partial charge in [-0.05, 0) is 19.4 Å². The Morgan fingerprint density at radius 3 is 2.84 bits per heavy atom. The predicted octanol–water partition coefficient (Wildman–Crippen LogP) is 2.59. The van der Waals surface area contributed by atoms with Gasteiger partial charge in [0.1, 0.15) is 10.6 Å². The van der Waals surface area contributed by atoms with E-state index >= 15 is 0 Å². The molecular weight excluding hydrogens is 258 g/mol. The highest BCUT2D eigenvalue weighted by Gasteiger charge is 2.13. The number of anilines is 1. The van der Waals surface area contributed by atoms with Gasteiger partial charge in [-0.2, -0.15) is 0 Å². The van der Waals surface area contributed by atoms with E-state index in [1.807, 2.05) is 17.8 Å². The van der Waals surface area contributed by atoms with Crippen molar-refractivity contribution >= 4 is 27.4 Å². The molecule has 3 aromatic heterocycles. The number of thiophene rings is 1. The number of fused-ring (bicyclic) bond motifs is 1. The van der Waals surface area contributed by atoms with Crippen molar-refractivity contribution in [1.29, 1.82) is 0 Å². The molecule has 0 aliphatic carbocycles. The minimum absolute atomic E-state index is 0.639. The molecule has 19 heavy (non-hydrogen) atoms. The zero-order valence-corrected chi connectivity index (χ0v) is 12.0. The standard InChI is InChI=1S/C13H15N5S/c1-8-9(2)19-13-11(8)12(14-3)16-10(17-13)6-18-5-4-15-7-18/h4-5,7H,6H2,1-3H3,(H,14,16,17). The van der Waals surface area contributed by atoms with Crippen molar-refractivity contribution < 1.29 is 0 Å². The summed E-state index contributed by atoms with van der Waals surface area (Å²) in [7, 11) is 1.90. The van der Waals surface area contributed by atoms with E-state index in [1.165, 1.54) is 10.4 Å². The van der Waals surface area contributed by atoms with Gasteiger partial charge in [-0.15, -0.1) is 11.3 Å². The molecule has 0 saturated carbocycles. The Balaban J connectivity index is 2.12. The third-order valence-electron chi connectivity index (χ3n) is 3.19. The predicted molar refractivity (Wildman–Crippen MR) is 77.8 cm³/mol. The topological polar surface area (TPSA) is 55.6 Å². The molecule has 3 heterocycles. The quantitative estimate of drug-likeness (QED) is 0.797. The Morgan fingerprint density at radius 1 is 1.32 bits per heavy atom. The third kappa shape index (κ3) is 2.08. The Bertz CT molecular complexity index is 714. The van der Waals surface area contributed by atoms with E-state index in [1.54, 1.807) is 23.9 Å². The van der Waals surface area contributed by atoms with E-state index in [9.17, 15) is 0 Å². The molecule has 98 valence electrons. The molecule has 0 aromatic carbocycles. The number of nitrogens with zero attached hydrogens (tertiary/aromatic N) is 4. The van der Waals surface area contributed by atoms with E-state index in [4.69, 9.17) is 0 Å². The van der Waals surface area contributed by atoms with Gasteiger partial charge >= 0.3 is 0 Å². The Kier molecular flexibility index (Phi) is 2.94. The van der Waals surface area contributed by atoms with Gasteiger partial charge in [0.2, 0.25) is 0 Å². The van der Waals surface area contributed by atoms with Gasteiger partial charge in [0.25, 0.3) is 0 Å². The van der Waals surface area contributed by atoms with Crippen LogP contribution in [-0.2, 0) is 6.54 Å². The molecule has 0 amide bonds. The number of rotatable bonds is 3. The number of imidazole rings is 1. The van der Waals surface area contributed by atoms with E-state index < -0.39 is 0 Å². The minimum atomic E-state index is 0.639. The van der Waals surface area contributed by atoms with Crippen LogP contribution in [0.4, 0.5) is 5.82 Å². The summed E-state index contributed by atoms with van der Waals surface area (Å²) in [6.45, 7) is 4.88. The summed E-state index contributed by atoms with van der Waals surface area (Å²) >= 11 is 1.72. The van der Waals surface area contributed by atoms with Crippen molar-refractivity contribution in [2.45, 2.75) is 20.4 Å². The van der Waals surface area contributed by atoms with Crippen LogP contribution in [0.15, 0.2) is 18.7 Å². The largest absolute Gasteiger partial charge is 0.372 e. The zero-order valence-electron chi connectivity index (χ0n) is 11.1. The molecule has 0 aliphatic rings. The lowest BCUT2D eigenvalue weighted by Crippen LogP contribution is -2.05. The van der Waals surface area contributed by atoms with Crippen molar-refractivity contribution in [3.63, 3.8) is 0 Å². The summed E-state index contributed by atoms with van der Waals surface area (Å²) in [5.41, 5.74) is 1.26. The van der Waals surface area contributed by atoms with E-state index in [-0.39, 0.29) is 0 Å². The molecule has 3 aromatic rings. The van der Waals surface area contributed by atoms with E-state index in [0.29, 0.717) is 6.54 Å². The lowest BCUT2D eigenvalue weighted by Gasteiger charge is -2.06. The molecule has 3 rings (SSSR count). The summed E-state index contributed by atoms with van der Waals surface area (Å²) in [4.78, 5) is 15.6. The Hall–Kier alpha value is -1.95. The lowest BCUT2D eigenvalue weighted by atomic mass is 10.2. The Morgan fingerprint density at radius 2 is 2.16 bits per heavy atom. The van der Waals surface area contributed by atoms with Crippen molar-refractivity contribution in [1.82, 2.24) is 19.5 Å². The van der Waals surface area contributed by atoms with Crippen LogP contribution in [0.25, 0.3) is 10.2 Å². The number of hydrogen-bond acceptors (Lipinski definition) is 5. The summed E-state index contributed by atoms with van der Waals surface area (Å²) < 4.78 is 1.97. The highest BCUT2D eigenvalue weighted by atomic mass is 32.1. The van der Waals surface area contributed by atoms with Crippen LogP contribution in [0.3, 0.4) is 0 Å². The van der Waals surface area contributed by atoms with Crippen LogP contribution >= 0.6 is 11.3 Å². The van der Waals surface area contributed by atoms with Crippen molar-refractivity contribution in [2.24, 2.45) is 0 Å². The molecule has 6 heteroatoms.